The Kier molecular flexibility index (Phi) is 5.74. The van der Waals surface area contributed by atoms with E-state index in [1.807, 2.05) is 12.3 Å². The molecule has 1 aromatic carbocycles. The Labute approximate surface area is 151 Å². The Hall–Kier alpha value is -2.30. The van der Waals surface area contributed by atoms with Crippen LogP contribution in [0.5, 0.6) is 0 Å². The van der Waals surface area contributed by atoms with Gasteiger partial charge in [0.05, 0.1) is 0 Å². The van der Waals surface area contributed by atoms with Crippen molar-refractivity contribution in [2.24, 2.45) is 5.92 Å². The molecular formula is C20H29N5. The third-order valence-corrected chi connectivity index (χ3v) is 5.00. The summed E-state index contributed by atoms with van der Waals surface area (Å²) in [7, 11) is 0. The molecular weight excluding hydrogens is 310 g/mol. The first kappa shape index (κ1) is 17.5. The number of rotatable bonds is 6. The van der Waals surface area contributed by atoms with Gasteiger partial charge in [0, 0.05) is 43.8 Å². The van der Waals surface area contributed by atoms with Crippen LogP contribution in [0.1, 0.15) is 33.6 Å². The fourth-order valence-electron chi connectivity index (χ4n) is 3.30. The predicted octanol–water partition coefficient (Wildman–Crippen LogP) is 4.30. The number of aromatic nitrogens is 2. The number of nitrogens with one attached hydrogen (secondary N) is 1. The maximum Gasteiger partial charge on any atom is 0.229 e. The summed E-state index contributed by atoms with van der Waals surface area (Å²) in [4.78, 5) is 13.8. The van der Waals surface area contributed by atoms with Crippen molar-refractivity contribution in [2.45, 2.75) is 33.6 Å². The van der Waals surface area contributed by atoms with Crippen molar-refractivity contribution >= 4 is 23.1 Å². The highest BCUT2D eigenvalue weighted by molar-refractivity contribution is 5.60. The molecule has 2 aromatic rings. The van der Waals surface area contributed by atoms with E-state index in [-0.39, 0.29) is 0 Å². The molecule has 0 amide bonds. The average molecular weight is 339 g/mol. The highest BCUT2D eigenvalue weighted by Gasteiger charge is 2.17. The van der Waals surface area contributed by atoms with Crippen LogP contribution in [-0.4, -0.2) is 36.1 Å². The van der Waals surface area contributed by atoms with Crippen LogP contribution in [-0.2, 0) is 0 Å². The molecule has 25 heavy (non-hydrogen) atoms. The summed E-state index contributed by atoms with van der Waals surface area (Å²) in [6, 6.07) is 10.5. The van der Waals surface area contributed by atoms with Gasteiger partial charge >= 0.3 is 0 Å². The first-order valence-electron chi connectivity index (χ1n) is 9.39. The molecule has 0 spiro atoms. The van der Waals surface area contributed by atoms with Crippen LogP contribution < -0.4 is 15.1 Å². The lowest BCUT2D eigenvalue weighted by Crippen LogP contribution is -2.33. The van der Waals surface area contributed by atoms with Gasteiger partial charge in [-0.1, -0.05) is 6.92 Å². The molecule has 0 aliphatic carbocycles. The number of nitrogens with zero attached hydrogens (tertiary/aromatic N) is 4. The van der Waals surface area contributed by atoms with Gasteiger partial charge in [-0.25, -0.2) is 4.98 Å². The van der Waals surface area contributed by atoms with Crippen molar-refractivity contribution in [1.82, 2.24) is 9.97 Å². The normalized spacial score (nSPS) is 15.2. The lowest BCUT2D eigenvalue weighted by Gasteiger charge is -2.31. The lowest BCUT2D eigenvalue weighted by atomic mass is 9.99. The first-order chi connectivity index (χ1) is 12.2. The van der Waals surface area contributed by atoms with Crippen LogP contribution in [0.3, 0.4) is 0 Å². The summed E-state index contributed by atoms with van der Waals surface area (Å²) in [6.07, 6.45) is 4.31. The van der Waals surface area contributed by atoms with Crippen molar-refractivity contribution < 1.29 is 0 Å². The van der Waals surface area contributed by atoms with Crippen LogP contribution in [0, 0.1) is 5.92 Å². The summed E-state index contributed by atoms with van der Waals surface area (Å²) in [5, 5.41) is 3.33. The fourth-order valence-corrected chi connectivity index (χ4v) is 3.30. The van der Waals surface area contributed by atoms with E-state index in [0.29, 0.717) is 5.95 Å². The number of hydrogen-bond acceptors (Lipinski definition) is 5. The SMILES string of the molecule is CCN(CC)c1ccc(Nc2nccc(N3CCC(C)CC3)n2)cc1. The molecule has 5 heteroatoms. The zero-order chi connectivity index (χ0) is 17.6. The van der Waals surface area contributed by atoms with Crippen molar-refractivity contribution in [3.8, 4) is 0 Å². The quantitative estimate of drug-likeness (QED) is 0.850. The Morgan fingerprint density at radius 3 is 2.40 bits per heavy atom. The van der Waals surface area contributed by atoms with Gasteiger partial charge in [0.15, 0.2) is 0 Å². The standard InChI is InChI=1S/C20H29N5/c1-4-24(5-2)18-8-6-17(7-9-18)22-20-21-13-10-19(23-20)25-14-11-16(3)12-15-25/h6-10,13,16H,4-5,11-12,14-15H2,1-3H3,(H,21,22,23). The summed E-state index contributed by atoms with van der Waals surface area (Å²) in [5.74, 6) is 2.50. The van der Waals surface area contributed by atoms with E-state index < -0.39 is 0 Å². The topological polar surface area (TPSA) is 44.3 Å². The highest BCUT2D eigenvalue weighted by Crippen LogP contribution is 2.23. The molecule has 5 nitrogen and oxygen atoms in total. The molecule has 0 atom stereocenters. The molecule has 1 saturated heterocycles. The predicted molar refractivity (Wildman–Crippen MR) is 106 cm³/mol. The van der Waals surface area contributed by atoms with Gasteiger partial charge < -0.3 is 15.1 Å². The molecule has 0 saturated carbocycles. The van der Waals surface area contributed by atoms with Gasteiger partial charge in [0.25, 0.3) is 0 Å². The molecule has 1 aromatic heterocycles. The van der Waals surface area contributed by atoms with Crippen LogP contribution in [0.2, 0.25) is 0 Å². The van der Waals surface area contributed by atoms with Crippen LogP contribution in [0.15, 0.2) is 36.5 Å². The van der Waals surface area contributed by atoms with E-state index in [4.69, 9.17) is 4.98 Å². The number of piperidine rings is 1. The third kappa shape index (κ3) is 4.41. The smallest absolute Gasteiger partial charge is 0.229 e. The minimum absolute atomic E-state index is 0.659. The number of hydrogen-bond donors (Lipinski definition) is 1. The average Bonchev–Trinajstić information content (AvgIpc) is 2.65. The fraction of sp³-hybridized carbons (Fsp3) is 0.500. The molecule has 0 bridgehead atoms. The molecule has 0 unspecified atom stereocenters. The monoisotopic (exact) mass is 339 g/mol. The van der Waals surface area contributed by atoms with E-state index in [9.17, 15) is 0 Å². The summed E-state index contributed by atoms with van der Waals surface area (Å²) < 4.78 is 0. The van der Waals surface area contributed by atoms with Gasteiger partial charge in [-0.2, -0.15) is 4.98 Å². The molecule has 3 rings (SSSR count). The van der Waals surface area contributed by atoms with Crippen LogP contribution in [0.25, 0.3) is 0 Å². The molecule has 2 heterocycles. The van der Waals surface area contributed by atoms with Crippen LogP contribution in [0.4, 0.5) is 23.1 Å². The van der Waals surface area contributed by atoms with Crippen molar-refractivity contribution in [2.75, 3.05) is 41.3 Å². The largest absolute Gasteiger partial charge is 0.372 e. The van der Waals surface area contributed by atoms with E-state index in [2.05, 4.69) is 65.1 Å². The summed E-state index contributed by atoms with van der Waals surface area (Å²) in [5.41, 5.74) is 2.26. The second kappa shape index (κ2) is 8.19. The number of anilines is 4. The number of benzene rings is 1. The second-order valence-electron chi connectivity index (χ2n) is 6.75. The Bertz CT molecular complexity index is 658. The Balaban J connectivity index is 1.67. The van der Waals surface area contributed by atoms with Gasteiger partial charge in [-0.3, -0.25) is 0 Å². The van der Waals surface area contributed by atoms with E-state index in [1.165, 1.54) is 18.5 Å². The van der Waals surface area contributed by atoms with Gasteiger partial charge in [-0.05, 0) is 62.9 Å². The maximum atomic E-state index is 4.70. The van der Waals surface area contributed by atoms with Crippen molar-refractivity contribution in [3.05, 3.63) is 36.5 Å². The van der Waals surface area contributed by atoms with Crippen LogP contribution >= 0.6 is 0 Å². The summed E-state index contributed by atoms with van der Waals surface area (Å²) >= 11 is 0. The molecule has 0 radical (unpaired) electrons. The zero-order valence-electron chi connectivity index (χ0n) is 15.6. The second-order valence-corrected chi connectivity index (χ2v) is 6.75. The maximum absolute atomic E-state index is 4.70. The summed E-state index contributed by atoms with van der Waals surface area (Å²) in [6.45, 7) is 10.9. The lowest BCUT2D eigenvalue weighted by molar-refractivity contribution is 0.436. The molecule has 1 aliphatic rings. The van der Waals surface area contributed by atoms with Crippen molar-refractivity contribution in [3.63, 3.8) is 0 Å². The minimum Gasteiger partial charge on any atom is -0.372 e. The van der Waals surface area contributed by atoms with Crippen molar-refractivity contribution in [1.29, 1.82) is 0 Å². The molecule has 1 aliphatic heterocycles. The minimum atomic E-state index is 0.659. The van der Waals surface area contributed by atoms with E-state index in [0.717, 1.165) is 43.6 Å². The molecule has 1 fully saturated rings. The highest BCUT2D eigenvalue weighted by atomic mass is 15.2. The van der Waals surface area contributed by atoms with Gasteiger partial charge in [0.2, 0.25) is 5.95 Å². The van der Waals surface area contributed by atoms with Gasteiger partial charge in [0.1, 0.15) is 5.82 Å². The molecule has 1 N–H and O–H groups in total. The van der Waals surface area contributed by atoms with Gasteiger partial charge in [-0.15, -0.1) is 0 Å². The van der Waals surface area contributed by atoms with E-state index in [1.54, 1.807) is 0 Å². The molecule has 134 valence electrons. The first-order valence-corrected chi connectivity index (χ1v) is 9.39. The Morgan fingerprint density at radius 2 is 1.76 bits per heavy atom. The Morgan fingerprint density at radius 1 is 1.08 bits per heavy atom. The van der Waals surface area contributed by atoms with E-state index >= 15 is 0 Å². The third-order valence-electron chi connectivity index (χ3n) is 5.00. The zero-order valence-corrected chi connectivity index (χ0v) is 15.6.